The molecule has 1 aromatic rings. The number of nitrogens with zero attached hydrogens (tertiary/aromatic N) is 3. The lowest BCUT2D eigenvalue weighted by Gasteiger charge is -2.36. The second-order valence-corrected chi connectivity index (χ2v) is 9.61. The molecule has 7 heteroatoms. The molecule has 7 nitrogen and oxygen atoms in total. The highest BCUT2D eigenvalue weighted by molar-refractivity contribution is 5.81. The van der Waals surface area contributed by atoms with Crippen LogP contribution in [0.15, 0.2) is 4.79 Å². The van der Waals surface area contributed by atoms with Crippen molar-refractivity contribution in [3.8, 4) is 0 Å². The van der Waals surface area contributed by atoms with Crippen LogP contribution in [0.2, 0.25) is 0 Å². The van der Waals surface area contributed by atoms with Crippen molar-refractivity contribution < 1.29 is 9.59 Å². The van der Waals surface area contributed by atoms with Gasteiger partial charge >= 0.3 is 0 Å². The third-order valence-electron chi connectivity index (χ3n) is 7.41. The van der Waals surface area contributed by atoms with Crippen LogP contribution in [0.1, 0.15) is 87.3 Å². The molecule has 3 fully saturated rings. The van der Waals surface area contributed by atoms with Gasteiger partial charge in [-0.15, -0.1) is 0 Å². The molecule has 1 N–H and O–H groups in total. The fourth-order valence-electron chi connectivity index (χ4n) is 5.49. The van der Waals surface area contributed by atoms with Crippen molar-refractivity contribution >= 4 is 11.8 Å². The Hall–Kier alpha value is -2.18. The first-order chi connectivity index (χ1) is 14.6. The maximum atomic E-state index is 13.1. The number of aromatic amines is 1. The highest BCUT2D eigenvalue weighted by Crippen LogP contribution is 2.34. The van der Waals surface area contributed by atoms with E-state index in [-0.39, 0.29) is 29.3 Å². The van der Waals surface area contributed by atoms with Crippen molar-refractivity contribution in [3.63, 3.8) is 0 Å². The van der Waals surface area contributed by atoms with Crippen LogP contribution >= 0.6 is 0 Å². The maximum absolute atomic E-state index is 13.1. The number of carbonyl (C=O) groups is 2. The number of hydrogen-bond donors (Lipinski definition) is 1. The monoisotopic (exact) mass is 412 g/mol. The van der Waals surface area contributed by atoms with Crippen molar-refractivity contribution in [2.45, 2.75) is 83.2 Å². The normalized spacial score (nSPS) is 24.7. The van der Waals surface area contributed by atoms with E-state index in [1.54, 1.807) is 0 Å². The molecule has 0 spiro atoms. The fourth-order valence-corrected chi connectivity index (χ4v) is 5.49. The molecule has 0 radical (unpaired) electrons. The minimum Gasteiger partial charge on any atom is -0.336 e. The number of fused-ring (bicyclic) bond motifs is 1. The molecule has 2 aliphatic carbocycles. The van der Waals surface area contributed by atoms with Crippen molar-refractivity contribution in [2.75, 3.05) is 13.1 Å². The van der Waals surface area contributed by atoms with E-state index >= 15 is 0 Å². The Balaban J connectivity index is 1.37. The Morgan fingerprint density at radius 1 is 1.00 bits per heavy atom. The van der Waals surface area contributed by atoms with E-state index in [0.717, 1.165) is 57.2 Å². The van der Waals surface area contributed by atoms with E-state index in [2.05, 4.69) is 4.98 Å². The summed E-state index contributed by atoms with van der Waals surface area (Å²) in [5, 5.41) is 0. The smallest absolute Gasteiger partial charge is 0.254 e. The summed E-state index contributed by atoms with van der Waals surface area (Å²) in [5.74, 6) is 1.71. The Morgan fingerprint density at radius 2 is 1.77 bits per heavy atom. The highest BCUT2D eigenvalue weighted by Gasteiger charge is 2.36. The maximum Gasteiger partial charge on any atom is 0.254 e. The number of rotatable bonds is 4. The van der Waals surface area contributed by atoms with Gasteiger partial charge in [0.2, 0.25) is 11.8 Å². The van der Waals surface area contributed by atoms with E-state index in [0.29, 0.717) is 43.2 Å². The Morgan fingerprint density at radius 3 is 2.53 bits per heavy atom. The van der Waals surface area contributed by atoms with E-state index in [9.17, 15) is 14.4 Å². The minimum atomic E-state index is -0.153. The highest BCUT2D eigenvalue weighted by atomic mass is 16.2. The zero-order chi connectivity index (χ0) is 20.7. The summed E-state index contributed by atoms with van der Waals surface area (Å²) in [6, 6.07) is -0.153. The standard InChI is InChI=1S/C23H32N4O3/c28-20(13-15-5-1-2-6-15)27-11-4-3-7-19(27)21-24-18-14-26(23(30)16-8-9-16)12-10-17(18)22(29)25-21/h15-16,19H,1-14H2,(H,24,25,29)/t19-/m0/s1. The van der Waals surface area contributed by atoms with E-state index in [4.69, 9.17) is 4.98 Å². The van der Waals surface area contributed by atoms with Gasteiger partial charge in [0, 0.05) is 31.0 Å². The van der Waals surface area contributed by atoms with Gasteiger partial charge in [-0.05, 0) is 57.3 Å². The molecule has 3 heterocycles. The summed E-state index contributed by atoms with van der Waals surface area (Å²) >= 11 is 0. The number of aromatic nitrogens is 2. The number of piperidine rings is 1. The van der Waals surface area contributed by atoms with Gasteiger partial charge in [-0.1, -0.05) is 12.8 Å². The third kappa shape index (κ3) is 3.91. The van der Waals surface area contributed by atoms with Crippen LogP contribution < -0.4 is 5.56 Å². The average Bonchev–Trinajstić information content (AvgIpc) is 3.49. The summed E-state index contributed by atoms with van der Waals surface area (Å²) < 4.78 is 0. The van der Waals surface area contributed by atoms with Gasteiger partial charge < -0.3 is 14.8 Å². The molecule has 0 aromatic carbocycles. The lowest BCUT2D eigenvalue weighted by molar-refractivity contribution is -0.136. The Bertz CT molecular complexity index is 885. The summed E-state index contributed by atoms with van der Waals surface area (Å²) in [4.78, 5) is 50.0. The van der Waals surface area contributed by atoms with Crippen LogP contribution in [-0.4, -0.2) is 44.7 Å². The molecular formula is C23H32N4O3. The number of hydrogen-bond acceptors (Lipinski definition) is 4. The first-order valence-electron chi connectivity index (χ1n) is 11.8. The third-order valence-corrected chi connectivity index (χ3v) is 7.41. The molecule has 1 saturated heterocycles. The van der Waals surface area contributed by atoms with Crippen molar-refractivity contribution in [1.82, 2.24) is 19.8 Å². The zero-order valence-corrected chi connectivity index (χ0v) is 17.7. The fraction of sp³-hybridized carbons (Fsp3) is 0.739. The van der Waals surface area contributed by atoms with Gasteiger partial charge in [-0.2, -0.15) is 0 Å². The van der Waals surface area contributed by atoms with Crippen molar-refractivity contribution in [3.05, 3.63) is 27.4 Å². The van der Waals surface area contributed by atoms with E-state index in [1.165, 1.54) is 12.8 Å². The second kappa shape index (κ2) is 8.16. The summed E-state index contributed by atoms with van der Waals surface area (Å²) in [6.45, 7) is 1.76. The predicted molar refractivity (Wildman–Crippen MR) is 112 cm³/mol. The first kappa shape index (κ1) is 19.8. The molecule has 1 atom stereocenters. The first-order valence-corrected chi connectivity index (χ1v) is 11.8. The van der Waals surface area contributed by atoms with Crippen LogP contribution in [-0.2, 0) is 22.6 Å². The molecular weight excluding hydrogens is 380 g/mol. The molecule has 162 valence electrons. The number of amides is 2. The number of H-pyrrole nitrogens is 1. The average molecular weight is 413 g/mol. The molecule has 2 aliphatic heterocycles. The quantitative estimate of drug-likeness (QED) is 0.824. The van der Waals surface area contributed by atoms with Gasteiger partial charge in [-0.25, -0.2) is 4.98 Å². The number of likely N-dealkylation sites (tertiary alicyclic amines) is 1. The molecule has 0 bridgehead atoms. The Labute approximate surface area is 177 Å². The van der Waals surface area contributed by atoms with E-state index < -0.39 is 0 Å². The molecule has 0 unspecified atom stereocenters. The molecule has 5 rings (SSSR count). The van der Waals surface area contributed by atoms with Gasteiger partial charge in [0.1, 0.15) is 5.82 Å². The molecule has 30 heavy (non-hydrogen) atoms. The van der Waals surface area contributed by atoms with Gasteiger partial charge in [0.05, 0.1) is 18.3 Å². The summed E-state index contributed by atoms with van der Waals surface area (Å²) in [6.07, 6.45) is 10.8. The molecule has 2 amide bonds. The molecule has 2 saturated carbocycles. The number of nitrogens with one attached hydrogen (secondary N) is 1. The Kier molecular flexibility index (Phi) is 5.37. The topological polar surface area (TPSA) is 86.4 Å². The van der Waals surface area contributed by atoms with Gasteiger partial charge in [0.15, 0.2) is 0 Å². The predicted octanol–water partition coefficient (Wildman–Crippen LogP) is 2.70. The van der Waals surface area contributed by atoms with Crippen LogP contribution in [0.25, 0.3) is 0 Å². The molecule has 1 aromatic heterocycles. The second-order valence-electron chi connectivity index (χ2n) is 9.61. The molecule has 4 aliphatic rings. The van der Waals surface area contributed by atoms with Crippen LogP contribution in [0, 0.1) is 11.8 Å². The number of carbonyl (C=O) groups excluding carboxylic acids is 2. The van der Waals surface area contributed by atoms with Crippen LogP contribution in [0.4, 0.5) is 0 Å². The van der Waals surface area contributed by atoms with Crippen LogP contribution in [0.5, 0.6) is 0 Å². The largest absolute Gasteiger partial charge is 0.336 e. The van der Waals surface area contributed by atoms with E-state index in [1.807, 2.05) is 9.80 Å². The lowest BCUT2D eigenvalue weighted by Crippen LogP contribution is -2.43. The van der Waals surface area contributed by atoms with Crippen LogP contribution in [0.3, 0.4) is 0 Å². The van der Waals surface area contributed by atoms with Gasteiger partial charge in [0.25, 0.3) is 5.56 Å². The minimum absolute atomic E-state index is 0.0951. The SMILES string of the molecule is O=C(C1CC1)N1CCc2c(nc([C@@H]3CCCCN3C(=O)CC3CCCC3)[nH]c2=O)C1. The van der Waals surface area contributed by atoms with Crippen molar-refractivity contribution in [1.29, 1.82) is 0 Å². The summed E-state index contributed by atoms with van der Waals surface area (Å²) in [5.41, 5.74) is 1.34. The lowest BCUT2D eigenvalue weighted by atomic mass is 9.97. The zero-order valence-electron chi connectivity index (χ0n) is 17.7. The van der Waals surface area contributed by atoms with Gasteiger partial charge in [-0.3, -0.25) is 14.4 Å². The van der Waals surface area contributed by atoms with Crippen molar-refractivity contribution in [2.24, 2.45) is 11.8 Å². The summed E-state index contributed by atoms with van der Waals surface area (Å²) in [7, 11) is 0.